The van der Waals surface area contributed by atoms with Crippen molar-refractivity contribution in [2.45, 2.75) is 46.1 Å². The maximum atomic E-state index is 4.51. The fourth-order valence-electron chi connectivity index (χ4n) is 2.62. The highest BCUT2D eigenvalue weighted by atomic mass is 79.9. The molecule has 2 heterocycles. The molecule has 0 fully saturated rings. The first kappa shape index (κ1) is 16.7. The molecule has 0 radical (unpaired) electrons. The minimum atomic E-state index is 0.367. The predicted octanol–water partition coefficient (Wildman–Crippen LogP) is 4.40. The lowest BCUT2D eigenvalue weighted by atomic mass is 10.0. The van der Waals surface area contributed by atoms with Crippen LogP contribution in [-0.2, 0) is 19.9 Å². The Bertz CT molecular complexity index is 588. The van der Waals surface area contributed by atoms with Crippen LogP contribution in [0.5, 0.6) is 0 Å². The Labute approximate surface area is 139 Å². The van der Waals surface area contributed by atoms with E-state index < -0.39 is 0 Å². The molecule has 1 unspecified atom stereocenters. The molecule has 2 rings (SSSR count). The molecule has 0 aliphatic heterocycles. The molecular formula is C16H24BrN3S. The molecule has 0 aromatic carbocycles. The Morgan fingerprint density at radius 3 is 2.76 bits per heavy atom. The van der Waals surface area contributed by atoms with E-state index in [-0.39, 0.29) is 0 Å². The summed E-state index contributed by atoms with van der Waals surface area (Å²) in [5.41, 5.74) is 3.78. The first-order chi connectivity index (χ1) is 10.1. The number of aromatic nitrogens is 2. The van der Waals surface area contributed by atoms with Crippen LogP contribution in [0.25, 0.3) is 0 Å². The number of nitrogens with one attached hydrogen (secondary N) is 1. The summed E-state index contributed by atoms with van der Waals surface area (Å²) in [5.74, 6) is 0. The zero-order chi connectivity index (χ0) is 15.4. The van der Waals surface area contributed by atoms with Crippen LogP contribution in [0.15, 0.2) is 15.9 Å². The fourth-order valence-corrected chi connectivity index (χ4v) is 4.19. The van der Waals surface area contributed by atoms with Crippen molar-refractivity contribution in [3.63, 3.8) is 0 Å². The van der Waals surface area contributed by atoms with Crippen LogP contribution in [0.3, 0.4) is 0 Å². The van der Waals surface area contributed by atoms with Gasteiger partial charge in [-0.2, -0.15) is 5.10 Å². The van der Waals surface area contributed by atoms with Crippen LogP contribution in [-0.4, -0.2) is 16.3 Å². The number of thiophene rings is 1. The van der Waals surface area contributed by atoms with Crippen LogP contribution in [0, 0.1) is 6.92 Å². The third kappa shape index (κ3) is 3.76. The molecule has 2 aromatic heterocycles. The van der Waals surface area contributed by atoms with Crippen molar-refractivity contribution in [2.75, 3.05) is 6.54 Å². The number of aryl methyl sites for hydroxylation is 3. The van der Waals surface area contributed by atoms with Crippen molar-refractivity contribution in [2.24, 2.45) is 7.05 Å². The first-order valence-electron chi connectivity index (χ1n) is 7.56. The molecule has 0 saturated heterocycles. The van der Waals surface area contributed by atoms with E-state index in [0.717, 1.165) is 36.0 Å². The summed E-state index contributed by atoms with van der Waals surface area (Å²) in [7, 11) is 2.03. The van der Waals surface area contributed by atoms with E-state index in [2.05, 4.69) is 51.6 Å². The van der Waals surface area contributed by atoms with Gasteiger partial charge < -0.3 is 5.32 Å². The van der Waals surface area contributed by atoms with Gasteiger partial charge in [0.15, 0.2) is 0 Å². The van der Waals surface area contributed by atoms with E-state index in [4.69, 9.17) is 0 Å². The van der Waals surface area contributed by atoms with Gasteiger partial charge in [0.1, 0.15) is 0 Å². The summed E-state index contributed by atoms with van der Waals surface area (Å²) in [6.07, 6.45) is 3.20. The van der Waals surface area contributed by atoms with Gasteiger partial charge in [-0.25, -0.2) is 0 Å². The lowest BCUT2D eigenvalue weighted by Gasteiger charge is -2.19. The average molecular weight is 370 g/mol. The molecule has 5 heteroatoms. The molecule has 0 amide bonds. The van der Waals surface area contributed by atoms with Gasteiger partial charge in [0.25, 0.3) is 0 Å². The summed E-state index contributed by atoms with van der Waals surface area (Å²) < 4.78 is 3.14. The van der Waals surface area contributed by atoms with Gasteiger partial charge in [0.2, 0.25) is 0 Å². The molecule has 1 atom stereocenters. The molecule has 21 heavy (non-hydrogen) atoms. The van der Waals surface area contributed by atoms with Crippen LogP contribution in [0.1, 0.15) is 48.1 Å². The second-order valence-corrected chi connectivity index (χ2v) is 7.08. The van der Waals surface area contributed by atoms with Crippen LogP contribution >= 0.6 is 27.3 Å². The van der Waals surface area contributed by atoms with Crippen molar-refractivity contribution in [3.05, 3.63) is 37.7 Å². The highest BCUT2D eigenvalue weighted by molar-refractivity contribution is 9.10. The molecular weight excluding hydrogens is 346 g/mol. The second kappa shape index (κ2) is 7.56. The predicted molar refractivity (Wildman–Crippen MR) is 94.1 cm³/mol. The minimum absolute atomic E-state index is 0.367. The smallest absolute Gasteiger partial charge is 0.0738 e. The monoisotopic (exact) mass is 369 g/mol. The molecule has 2 aromatic rings. The van der Waals surface area contributed by atoms with E-state index in [0.29, 0.717) is 6.04 Å². The molecule has 0 aliphatic carbocycles. The Balaban J connectivity index is 2.28. The van der Waals surface area contributed by atoms with Gasteiger partial charge in [-0.3, -0.25) is 4.68 Å². The first-order valence-corrected chi connectivity index (χ1v) is 9.23. The van der Waals surface area contributed by atoms with Crippen molar-refractivity contribution >= 4 is 27.3 Å². The lowest BCUT2D eigenvalue weighted by Crippen LogP contribution is -2.25. The number of halogens is 1. The Kier molecular flexibility index (Phi) is 6.02. The van der Waals surface area contributed by atoms with E-state index in [1.807, 2.05) is 30.0 Å². The second-order valence-electron chi connectivity index (χ2n) is 5.34. The van der Waals surface area contributed by atoms with Gasteiger partial charge in [-0.05, 0) is 59.2 Å². The number of hydrogen-bond acceptors (Lipinski definition) is 3. The van der Waals surface area contributed by atoms with Gasteiger partial charge >= 0.3 is 0 Å². The van der Waals surface area contributed by atoms with Crippen LogP contribution in [0.2, 0.25) is 0 Å². The molecule has 116 valence electrons. The van der Waals surface area contributed by atoms with E-state index in [1.165, 1.54) is 16.1 Å². The van der Waals surface area contributed by atoms with Crippen molar-refractivity contribution in [1.29, 1.82) is 0 Å². The highest BCUT2D eigenvalue weighted by Gasteiger charge is 2.20. The summed E-state index contributed by atoms with van der Waals surface area (Å²) in [5, 5.41) is 10.4. The highest BCUT2D eigenvalue weighted by Crippen LogP contribution is 2.30. The van der Waals surface area contributed by atoms with Crippen LogP contribution in [0.4, 0.5) is 0 Å². The molecule has 0 bridgehead atoms. The van der Waals surface area contributed by atoms with Gasteiger partial charge in [0.05, 0.1) is 15.9 Å². The fraction of sp³-hybridized carbons (Fsp3) is 0.562. The van der Waals surface area contributed by atoms with Crippen molar-refractivity contribution in [1.82, 2.24) is 15.1 Å². The third-order valence-corrected chi connectivity index (χ3v) is 5.88. The quantitative estimate of drug-likeness (QED) is 0.783. The molecule has 1 N–H and O–H groups in total. The Hall–Kier alpha value is -0.650. The minimum Gasteiger partial charge on any atom is -0.309 e. The third-order valence-electron chi connectivity index (χ3n) is 3.78. The average Bonchev–Trinajstić information content (AvgIpc) is 3.02. The lowest BCUT2D eigenvalue weighted by molar-refractivity contribution is 0.515. The van der Waals surface area contributed by atoms with E-state index in [1.54, 1.807) is 0 Å². The number of rotatable bonds is 7. The standard InChI is InChI=1S/C16H24BrN3S/c1-5-8-18-13(16-12(6-2)7-9-21-16)10-14-15(17)11(3)19-20(14)4/h7,9,13,18H,5-6,8,10H2,1-4H3. The van der Waals surface area contributed by atoms with Gasteiger partial charge in [-0.15, -0.1) is 11.3 Å². The topological polar surface area (TPSA) is 29.9 Å². The molecule has 0 saturated carbocycles. The Morgan fingerprint density at radius 2 is 2.19 bits per heavy atom. The maximum absolute atomic E-state index is 4.51. The molecule has 0 aliphatic rings. The zero-order valence-electron chi connectivity index (χ0n) is 13.2. The van der Waals surface area contributed by atoms with E-state index in [9.17, 15) is 0 Å². The summed E-state index contributed by atoms with van der Waals surface area (Å²) in [4.78, 5) is 1.47. The van der Waals surface area contributed by atoms with Crippen molar-refractivity contribution < 1.29 is 0 Å². The molecule has 3 nitrogen and oxygen atoms in total. The maximum Gasteiger partial charge on any atom is 0.0738 e. The SMILES string of the molecule is CCCNC(Cc1c(Br)c(C)nn1C)c1sccc1CC. The normalized spacial score (nSPS) is 12.8. The number of nitrogens with zero attached hydrogens (tertiary/aromatic N) is 2. The largest absolute Gasteiger partial charge is 0.309 e. The zero-order valence-corrected chi connectivity index (χ0v) is 15.6. The summed E-state index contributed by atoms with van der Waals surface area (Å²) in [6, 6.07) is 2.62. The van der Waals surface area contributed by atoms with Gasteiger partial charge in [0, 0.05) is 24.4 Å². The molecule has 0 spiro atoms. The van der Waals surface area contributed by atoms with Crippen LogP contribution < -0.4 is 5.32 Å². The summed E-state index contributed by atoms with van der Waals surface area (Å²) >= 11 is 5.55. The summed E-state index contributed by atoms with van der Waals surface area (Å²) in [6.45, 7) is 7.53. The Morgan fingerprint density at radius 1 is 1.43 bits per heavy atom. The van der Waals surface area contributed by atoms with E-state index >= 15 is 0 Å². The number of hydrogen-bond donors (Lipinski definition) is 1. The van der Waals surface area contributed by atoms with Gasteiger partial charge in [-0.1, -0.05) is 13.8 Å². The van der Waals surface area contributed by atoms with Crippen molar-refractivity contribution in [3.8, 4) is 0 Å².